The minimum atomic E-state index is 0.321. The van der Waals surface area contributed by atoms with Crippen molar-refractivity contribution in [2.24, 2.45) is 17.1 Å². The van der Waals surface area contributed by atoms with Crippen molar-refractivity contribution in [3.05, 3.63) is 29.8 Å². The van der Waals surface area contributed by atoms with Crippen LogP contribution in [0.1, 0.15) is 32.3 Å². The largest absolute Gasteiger partial charge is 0.494 e. The van der Waals surface area contributed by atoms with Gasteiger partial charge in [0.05, 0.1) is 6.61 Å². The molecule has 2 N–H and O–H groups in total. The molecule has 2 rings (SSSR count). The van der Waals surface area contributed by atoms with Crippen LogP contribution in [-0.4, -0.2) is 13.2 Å². The number of hydrogen-bond acceptors (Lipinski definition) is 2. The Morgan fingerprint density at radius 3 is 2.56 bits per heavy atom. The van der Waals surface area contributed by atoms with Gasteiger partial charge in [0.15, 0.2) is 0 Å². The highest BCUT2D eigenvalue weighted by molar-refractivity contribution is 5.42. The van der Waals surface area contributed by atoms with E-state index >= 15 is 0 Å². The average Bonchev–Trinajstić information content (AvgIpc) is 2.81. The second-order valence-corrected chi connectivity index (χ2v) is 5.11. The Labute approximate surface area is 97.8 Å². The van der Waals surface area contributed by atoms with E-state index in [0.717, 1.165) is 18.9 Å². The lowest BCUT2D eigenvalue weighted by atomic mass is 10.0. The molecule has 0 aromatic heterocycles. The third-order valence-corrected chi connectivity index (χ3v) is 3.86. The fourth-order valence-corrected chi connectivity index (χ4v) is 2.83. The normalized spacial score (nSPS) is 26.5. The van der Waals surface area contributed by atoms with Crippen molar-refractivity contribution in [3.63, 3.8) is 0 Å². The highest BCUT2D eigenvalue weighted by atomic mass is 16.5. The van der Waals surface area contributed by atoms with Crippen LogP contribution < -0.4 is 10.5 Å². The Morgan fingerprint density at radius 2 is 2.00 bits per heavy atom. The predicted octanol–water partition coefficient (Wildman–Crippen LogP) is 2.78. The molecule has 0 spiro atoms. The lowest BCUT2D eigenvalue weighted by Gasteiger charge is -2.10. The van der Waals surface area contributed by atoms with Crippen LogP contribution in [0.5, 0.6) is 5.75 Å². The Morgan fingerprint density at radius 1 is 1.31 bits per heavy atom. The van der Waals surface area contributed by atoms with Gasteiger partial charge in [0.2, 0.25) is 0 Å². The lowest BCUT2D eigenvalue weighted by molar-refractivity contribution is 0.335. The molecule has 2 atom stereocenters. The SMILES string of the molecule is CCOc1ccccc1[C@H]1[C@H](CN)C1(C)C. The van der Waals surface area contributed by atoms with Gasteiger partial charge >= 0.3 is 0 Å². The first kappa shape index (κ1) is 11.5. The predicted molar refractivity (Wildman–Crippen MR) is 66.7 cm³/mol. The number of nitrogens with two attached hydrogens (primary N) is 1. The second kappa shape index (κ2) is 4.10. The van der Waals surface area contributed by atoms with Gasteiger partial charge in [-0.25, -0.2) is 0 Å². The molecule has 0 bridgehead atoms. The molecule has 2 heteroatoms. The van der Waals surface area contributed by atoms with E-state index in [4.69, 9.17) is 10.5 Å². The van der Waals surface area contributed by atoms with Gasteiger partial charge in [-0.1, -0.05) is 32.0 Å². The Kier molecular flexibility index (Phi) is 2.94. The molecule has 0 heterocycles. The molecule has 1 aliphatic carbocycles. The zero-order chi connectivity index (χ0) is 11.8. The average molecular weight is 219 g/mol. The number of ether oxygens (including phenoxy) is 1. The number of para-hydroxylation sites is 1. The van der Waals surface area contributed by atoms with Crippen LogP contribution in [0.3, 0.4) is 0 Å². The van der Waals surface area contributed by atoms with Crippen molar-refractivity contribution in [1.82, 2.24) is 0 Å². The van der Waals surface area contributed by atoms with Crippen molar-refractivity contribution in [2.45, 2.75) is 26.7 Å². The number of hydrogen-bond donors (Lipinski definition) is 1. The van der Waals surface area contributed by atoms with E-state index in [1.54, 1.807) is 0 Å². The summed E-state index contributed by atoms with van der Waals surface area (Å²) in [5.41, 5.74) is 7.47. The standard InChI is InChI=1S/C14H21NO/c1-4-16-12-8-6-5-7-10(12)13-11(9-15)14(13,2)3/h5-8,11,13H,4,9,15H2,1-3H3/t11-,13-/m0/s1. The molecule has 0 radical (unpaired) electrons. The maximum absolute atomic E-state index is 5.82. The number of rotatable bonds is 4. The van der Waals surface area contributed by atoms with Crippen molar-refractivity contribution < 1.29 is 4.74 Å². The van der Waals surface area contributed by atoms with E-state index in [9.17, 15) is 0 Å². The quantitative estimate of drug-likeness (QED) is 0.845. The van der Waals surface area contributed by atoms with E-state index < -0.39 is 0 Å². The summed E-state index contributed by atoms with van der Waals surface area (Å²) in [5.74, 6) is 2.17. The zero-order valence-corrected chi connectivity index (χ0v) is 10.4. The molecular weight excluding hydrogens is 198 g/mol. The minimum Gasteiger partial charge on any atom is -0.494 e. The van der Waals surface area contributed by atoms with E-state index in [-0.39, 0.29) is 0 Å². The molecule has 0 aliphatic heterocycles. The van der Waals surface area contributed by atoms with Gasteiger partial charge in [0, 0.05) is 0 Å². The maximum atomic E-state index is 5.82. The third kappa shape index (κ3) is 1.71. The topological polar surface area (TPSA) is 35.2 Å². The number of benzene rings is 1. The summed E-state index contributed by atoms with van der Waals surface area (Å²) in [6.45, 7) is 8.08. The van der Waals surface area contributed by atoms with Crippen LogP contribution in [-0.2, 0) is 0 Å². The molecule has 1 aromatic rings. The first-order valence-corrected chi connectivity index (χ1v) is 6.04. The Hall–Kier alpha value is -1.02. The first-order chi connectivity index (χ1) is 7.62. The molecule has 16 heavy (non-hydrogen) atoms. The molecule has 1 fully saturated rings. The third-order valence-electron chi connectivity index (χ3n) is 3.86. The van der Waals surface area contributed by atoms with E-state index in [2.05, 4.69) is 32.0 Å². The second-order valence-electron chi connectivity index (χ2n) is 5.11. The highest BCUT2D eigenvalue weighted by Gasteiger charge is 2.57. The summed E-state index contributed by atoms with van der Waals surface area (Å²) in [6, 6.07) is 8.34. The lowest BCUT2D eigenvalue weighted by Crippen LogP contribution is -2.05. The summed E-state index contributed by atoms with van der Waals surface area (Å²) in [5, 5.41) is 0. The van der Waals surface area contributed by atoms with Gasteiger partial charge in [-0.05, 0) is 42.3 Å². The maximum Gasteiger partial charge on any atom is 0.122 e. The van der Waals surface area contributed by atoms with E-state index in [1.165, 1.54) is 5.56 Å². The molecule has 1 saturated carbocycles. The molecule has 1 aliphatic rings. The Balaban J connectivity index is 2.28. The molecule has 2 nitrogen and oxygen atoms in total. The smallest absolute Gasteiger partial charge is 0.122 e. The van der Waals surface area contributed by atoms with Gasteiger partial charge < -0.3 is 10.5 Å². The van der Waals surface area contributed by atoms with Crippen LogP contribution in [0.4, 0.5) is 0 Å². The molecule has 1 aromatic carbocycles. The van der Waals surface area contributed by atoms with Gasteiger partial charge in [0.1, 0.15) is 5.75 Å². The highest BCUT2D eigenvalue weighted by Crippen LogP contribution is 2.65. The monoisotopic (exact) mass is 219 g/mol. The van der Waals surface area contributed by atoms with Crippen LogP contribution in [0, 0.1) is 11.3 Å². The van der Waals surface area contributed by atoms with Gasteiger partial charge in [-0.2, -0.15) is 0 Å². The van der Waals surface area contributed by atoms with Crippen molar-refractivity contribution in [3.8, 4) is 5.75 Å². The molecule has 88 valence electrons. The summed E-state index contributed by atoms with van der Waals surface area (Å²) in [7, 11) is 0. The molecule has 0 unspecified atom stereocenters. The first-order valence-electron chi connectivity index (χ1n) is 6.04. The van der Waals surface area contributed by atoms with Crippen LogP contribution in [0.2, 0.25) is 0 Å². The summed E-state index contributed by atoms with van der Waals surface area (Å²) >= 11 is 0. The molecule has 0 saturated heterocycles. The van der Waals surface area contributed by atoms with Gasteiger partial charge in [0.25, 0.3) is 0 Å². The van der Waals surface area contributed by atoms with E-state index in [1.807, 2.05) is 13.0 Å². The van der Waals surface area contributed by atoms with Crippen molar-refractivity contribution >= 4 is 0 Å². The molecular formula is C14H21NO. The van der Waals surface area contributed by atoms with Gasteiger partial charge in [-0.15, -0.1) is 0 Å². The minimum absolute atomic E-state index is 0.321. The summed E-state index contributed by atoms with van der Waals surface area (Å²) in [6.07, 6.45) is 0. The Bertz CT molecular complexity index is 373. The van der Waals surface area contributed by atoms with Crippen LogP contribution >= 0.6 is 0 Å². The summed E-state index contributed by atoms with van der Waals surface area (Å²) in [4.78, 5) is 0. The fraction of sp³-hybridized carbons (Fsp3) is 0.571. The van der Waals surface area contributed by atoms with E-state index in [0.29, 0.717) is 17.3 Å². The van der Waals surface area contributed by atoms with Crippen LogP contribution in [0.15, 0.2) is 24.3 Å². The zero-order valence-electron chi connectivity index (χ0n) is 10.4. The van der Waals surface area contributed by atoms with Gasteiger partial charge in [-0.3, -0.25) is 0 Å². The summed E-state index contributed by atoms with van der Waals surface area (Å²) < 4.78 is 5.68. The van der Waals surface area contributed by atoms with Crippen LogP contribution in [0.25, 0.3) is 0 Å². The van der Waals surface area contributed by atoms with Crippen molar-refractivity contribution in [1.29, 1.82) is 0 Å². The van der Waals surface area contributed by atoms with Crippen molar-refractivity contribution in [2.75, 3.05) is 13.2 Å². The molecule has 0 amide bonds. The fourth-order valence-electron chi connectivity index (χ4n) is 2.83.